The molecule has 0 aromatic carbocycles. The first kappa shape index (κ1) is 7.72. The standard InChI is InChI=1S/C8H8N4O/c1-5-4-6(2-3-10-5)7-8(9)12-13-11-7/h2-4H,1H3,(H2,9,12). The third-order valence-corrected chi connectivity index (χ3v) is 1.68. The fourth-order valence-electron chi connectivity index (χ4n) is 1.09. The van der Waals surface area contributed by atoms with E-state index >= 15 is 0 Å². The largest absolute Gasteiger partial charge is 0.379 e. The highest BCUT2D eigenvalue weighted by Crippen LogP contribution is 2.21. The number of hydrogen-bond acceptors (Lipinski definition) is 5. The van der Waals surface area contributed by atoms with Gasteiger partial charge in [0.05, 0.1) is 0 Å². The van der Waals surface area contributed by atoms with E-state index in [0.717, 1.165) is 11.3 Å². The molecule has 0 aliphatic rings. The molecule has 0 radical (unpaired) electrons. The highest BCUT2D eigenvalue weighted by Gasteiger charge is 2.08. The van der Waals surface area contributed by atoms with Crippen molar-refractivity contribution in [3.05, 3.63) is 24.0 Å². The molecule has 66 valence electrons. The van der Waals surface area contributed by atoms with Crippen molar-refractivity contribution in [1.29, 1.82) is 0 Å². The van der Waals surface area contributed by atoms with Crippen molar-refractivity contribution < 1.29 is 4.63 Å². The average molecular weight is 176 g/mol. The van der Waals surface area contributed by atoms with Gasteiger partial charge in [0.15, 0.2) is 11.5 Å². The van der Waals surface area contributed by atoms with Crippen molar-refractivity contribution in [1.82, 2.24) is 15.3 Å². The number of aromatic nitrogens is 3. The number of rotatable bonds is 1. The van der Waals surface area contributed by atoms with Crippen LogP contribution in [0.5, 0.6) is 0 Å². The molecule has 2 rings (SSSR count). The SMILES string of the molecule is Cc1cc(-c2nonc2N)ccn1. The summed E-state index contributed by atoms with van der Waals surface area (Å²) in [6, 6.07) is 3.68. The molecule has 0 aliphatic carbocycles. The van der Waals surface area contributed by atoms with Gasteiger partial charge in [0.25, 0.3) is 0 Å². The maximum atomic E-state index is 5.53. The minimum atomic E-state index is 0.297. The van der Waals surface area contributed by atoms with Crippen LogP contribution in [0.3, 0.4) is 0 Å². The smallest absolute Gasteiger partial charge is 0.196 e. The Morgan fingerprint density at radius 1 is 1.38 bits per heavy atom. The molecule has 0 fully saturated rings. The zero-order chi connectivity index (χ0) is 9.26. The summed E-state index contributed by atoms with van der Waals surface area (Å²) in [5.41, 5.74) is 7.87. The lowest BCUT2D eigenvalue weighted by molar-refractivity contribution is 0.310. The molecule has 0 saturated heterocycles. The topological polar surface area (TPSA) is 77.8 Å². The van der Waals surface area contributed by atoms with Crippen molar-refractivity contribution in [2.75, 3.05) is 5.73 Å². The summed E-state index contributed by atoms with van der Waals surface area (Å²) in [6.45, 7) is 1.90. The summed E-state index contributed by atoms with van der Waals surface area (Å²) in [7, 11) is 0. The monoisotopic (exact) mass is 176 g/mol. The van der Waals surface area contributed by atoms with Gasteiger partial charge in [-0.3, -0.25) is 4.98 Å². The van der Waals surface area contributed by atoms with E-state index in [1.165, 1.54) is 0 Å². The first-order valence-electron chi connectivity index (χ1n) is 3.78. The molecule has 0 spiro atoms. The van der Waals surface area contributed by atoms with E-state index in [9.17, 15) is 0 Å². The molecular weight excluding hydrogens is 168 g/mol. The van der Waals surface area contributed by atoms with Crippen molar-refractivity contribution in [2.24, 2.45) is 0 Å². The minimum absolute atomic E-state index is 0.297. The van der Waals surface area contributed by atoms with E-state index in [1.807, 2.05) is 19.1 Å². The predicted molar refractivity (Wildman–Crippen MR) is 46.7 cm³/mol. The van der Waals surface area contributed by atoms with Crippen LogP contribution in [0.4, 0.5) is 5.82 Å². The van der Waals surface area contributed by atoms with E-state index in [-0.39, 0.29) is 0 Å². The molecule has 2 heterocycles. The quantitative estimate of drug-likeness (QED) is 0.701. The minimum Gasteiger partial charge on any atom is -0.379 e. The predicted octanol–water partition coefficient (Wildman–Crippen LogP) is 1.02. The number of nitrogen functional groups attached to an aromatic ring is 1. The first-order valence-corrected chi connectivity index (χ1v) is 3.78. The van der Waals surface area contributed by atoms with Crippen LogP contribution >= 0.6 is 0 Å². The zero-order valence-electron chi connectivity index (χ0n) is 7.06. The van der Waals surface area contributed by atoms with Crippen LogP contribution in [0.15, 0.2) is 23.0 Å². The van der Waals surface area contributed by atoms with Gasteiger partial charge in [-0.2, -0.15) is 0 Å². The molecule has 0 amide bonds. The third kappa shape index (κ3) is 1.35. The lowest BCUT2D eigenvalue weighted by Gasteiger charge is -1.96. The van der Waals surface area contributed by atoms with Crippen LogP contribution in [0.25, 0.3) is 11.3 Å². The molecule has 0 saturated carbocycles. The number of nitrogens with zero attached hydrogens (tertiary/aromatic N) is 3. The molecule has 13 heavy (non-hydrogen) atoms. The maximum Gasteiger partial charge on any atom is 0.196 e. The Labute approximate surface area is 74.5 Å². The van der Waals surface area contributed by atoms with Crippen LogP contribution in [0.1, 0.15) is 5.69 Å². The second-order valence-electron chi connectivity index (χ2n) is 2.68. The molecule has 2 N–H and O–H groups in total. The van der Waals surface area contributed by atoms with Crippen molar-refractivity contribution in [3.8, 4) is 11.3 Å². The van der Waals surface area contributed by atoms with Crippen LogP contribution < -0.4 is 5.73 Å². The van der Waals surface area contributed by atoms with Gasteiger partial charge in [-0.15, -0.1) is 0 Å². The van der Waals surface area contributed by atoms with Gasteiger partial charge in [-0.05, 0) is 29.4 Å². The van der Waals surface area contributed by atoms with Crippen LogP contribution in [0.2, 0.25) is 0 Å². The second-order valence-corrected chi connectivity index (χ2v) is 2.68. The van der Waals surface area contributed by atoms with Crippen molar-refractivity contribution >= 4 is 5.82 Å². The van der Waals surface area contributed by atoms with E-state index in [1.54, 1.807) is 6.20 Å². The fraction of sp³-hybridized carbons (Fsp3) is 0.125. The second kappa shape index (κ2) is 2.85. The van der Waals surface area contributed by atoms with Gasteiger partial charge >= 0.3 is 0 Å². The normalized spacial score (nSPS) is 10.2. The number of nitrogens with two attached hydrogens (primary N) is 1. The lowest BCUT2D eigenvalue weighted by atomic mass is 10.2. The fourth-order valence-corrected chi connectivity index (χ4v) is 1.09. The highest BCUT2D eigenvalue weighted by atomic mass is 16.6. The van der Waals surface area contributed by atoms with E-state index < -0.39 is 0 Å². The van der Waals surface area contributed by atoms with E-state index in [2.05, 4.69) is 19.9 Å². The van der Waals surface area contributed by atoms with Gasteiger partial charge in [0.1, 0.15) is 0 Å². The average Bonchev–Trinajstić information content (AvgIpc) is 2.51. The summed E-state index contributed by atoms with van der Waals surface area (Å²) >= 11 is 0. The number of aryl methyl sites for hydroxylation is 1. The molecule has 0 atom stereocenters. The summed E-state index contributed by atoms with van der Waals surface area (Å²) in [6.07, 6.45) is 1.69. The molecule has 2 aromatic heterocycles. The van der Waals surface area contributed by atoms with Gasteiger partial charge in [0.2, 0.25) is 0 Å². The van der Waals surface area contributed by atoms with Gasteiger partial charge in [0, 0.05) is 17.5 Å². The number of pyridine rings is 1. The maximum absolute atomic E-state index is 5.53. The third-order valence-electron chi connectivity index (χ3n) is 1.68. The highest BCUT2D eigenvalue weighted by molar-refractivity contribution is 5.68. The zero-order valence-corrected chi connectivity index (χ0v) is 7.06. The molecule has 0 unspecified atom stereocenters. The molecule has 2 aromatic rings. The van der Waals surface area contributed by atoms with Crippen LogP contribution in [-0.2, 0) is 0 Å². The Kier molecular flexibility index (Phi) is 1.70. The van der Waals surface area contributed by atoms with E-state index in [4.69, 9.17) is 5.73 Å². The Bertz CT molecular complexity index is 424. The molecule has 0 aliphatic heterocycles. The number of hydrogen-bond donors (Lipinski definition) is 1. The Morgan fingerprint density at radius 3 is 2.85 bits per heavy atom. The lowest BCUT2D eigenvalue weighted by Crippen LogP contribution is -1.89. The van der Waals surface area contributed by atoms with Crippen molar-refractivity contribution in [3.63, 3.8) is 0 Å². The summed E-state index contributed by atoms with van der Waals surface area (Å²) in [5.74, 6) is 0.297. The molecular formula is C8H8N4O. The Balaban J connectivity index is 2.53. The van der Waals surface area contributed by atoms with E-state index in [0.29, 0.717) is 11.5 Å². The van der Waals surface area contributed by atoms with Crippen LogP contribution in [0, 0.1) is 6.92 Å². The van der Waals surface area contributed by atoms with Crippen LogP contribution in [-0.4, -0.2) is 15.3 Å². The Hall–Kier alpha value is -1.91. The summed E-state index contributed by atoms with van der Waals surface area (Å²) < 4.78 is 4.49. The number of anilines is 1. The summed E-state index contributed by atoms with van der Waals surface area (Å²) in [4.78, 5) is 4.06. The van der Waals surface area contributed by atoms with Gasteiger partial charge < -0.3 is 5.73 Å². The molecule has 0 bridgehead atoms. The van der Waals surface area contributed by atoms with Gasteiger partial charge in [-0.1, -0.05) is 0 Å². The Morgan fingerprint density at radius 2 is 2.23 bits per heavy atom. The summed E-state index contributed by atoms with van der Waals surface area (Å²) in [5, 5.41) is 7.18. The molecule has 5 heteroatoms. The first-order chi connectivity index (χ1) is 6.27. The molecule has 5 nitrogen and oxygen atoms in total. The van der Waals surface area contributed by atoms with Gasteiger partial charge in [-0.25, -0.2) is 4.63 Å². The van der Waals surface area contributed by atoms with Crippen molar-refractivity contribution in [2.45, 2.75) is 6.92 Å².